The number of hydrogen-bond acceptors (Lipinski definition) is 6. The molecular weight excluding hydrogens is 171 g/mol. The van der Waals surface area contributed by atoms with Crippen molar-refractivity contribution in [3.63, 3.8) is 0 Å². The van der Waals surface area contributed by atoms with Crippen molar-refractivity contribution < 1.29 is 35.0 Å². The van der Waals surface area contributed by atoms with Crippen LogP contribution in [0.4, 0.5) is 9.59 Å². The summed E-state index contributed by atoms with van der Waals surface area (Å²) in [4.78, 5) is 23.6. The van der Waals surface area contributed by atoms with Gasteiger partial charge in [0.25, 0.3) is 0 Å². The third-order valence-electron chi connectivity index (χ3n) is 0.149. The van der Waals surface area contributed by atoms with Crippen LogP contribution in [0.15, 0.2) is 0 Å². The summed E-state index contributed by atoms with van der Waals surface area (Å²) in [6, 6.07) is 0. The Morgan fingerprint density at radius 2 is 1.40 bits per heavy atom. The summed E-state index contributed by atoms with van der Waals surface area (Å²) in [5.41, 5.74) is -1.36. The number of hydrogen-bond donors (Lipinski definition) is 3. The Morgan fingerprint density at radius 1 is 1.20 bits per heavy atom. The van der Waals surface area contributed by atoms with Crippen molar-refractivity contribution in [1.82, 2.24) is 0 Å². The van der Waals surface area contributed by atoms with Crippen LogP contribution in [-0.2, 0) is 9.78 Å². The van der Waals surface area contributed by atoms with E-state index >= 15 is 0 Å². The molecule has 0 saturated carbocycles. The number of carbonyl (C=O) groups is 2. The van der Waals surface area contributed by atoms with Crippen LogP contribution < -0.4 is 0 Å². The molecule has 0 aromatic carbocycles. The van der Waals surface area contributed by atoms with E-state index in [1.807, 2.05) is 0 Å². The molecule has 0 heterocycles. The van der Waals surface area contributed by atoms with Crippen molar-refractivity contribution in [2.45, 2.75) is 0 Å². The average Bonchev–Trinajstić information content (AvgIpc) is 1.85. The van der Waals surface area contributed by atoms with E-state index in [9.17, 15) is 4.79 Å². The van der Waals surface area contributed by atoms with E-state index in [0.29, 0.717) is 0 Å². The van der Waals surface area contributed by atoms with Crippen molar-refractivity contribution in [2.75, 3.05) is 0 Å². The first-order valence-corrected chi connectivity index (χ1v) is 1.97. The van der Waals surface area contributed by atoms with Gasteiger partial charge in [-0.3, -0.25) is 9.78 Å². The maximum Gasteiger partial charge on any atom is 0.572 e. The Hall–Kier alpha value is -1.05. The number of rotatable bonds is 0. The summed E-state index contributed by atoms with van der Waals surface area (Å²) < 4.78 is 0. The minimum atomic E-state index is -1.55. The van der Waals surface area contributed by atoms with Gasteiger partial charge in [-0.25, -0.2) is 4.79 Å². The molecule has 0 rings (SSSR count). The van der Waals surface area contributed by atoms with Gasteiger partial charge in [-0.15, -0.1) is 0 Å². The smallest absolute Gasteiger partial charge is 0.469 e. The SMILES string of the molecule is O=C(O)Cl.O=C(OO)OO. The van der Waals surface area contributed by atoms with Crippen LogP contribution in [0.2, 0.25) is 0 Å². The summed E-state index contributed by atoms with van der Waals surface area (Å²) in [5, 5.41) is 21.6. The molecule has 10 heavy (non-hydrogen) atoms. The topological polar surface area (TPSA) is 113 Å². The highest BCUT2D eigenvalue weighted by molar-refractivity contribution is 6.60. The van der Waals surface area contributed by atoms with Crippen molar-refractivity contribution in [3.05, 3.63) is 0 Å². The molecule has 7 nitrogen and oxygen atoms in total. The number of carbonyl (C=O) groups excluding carboxylic acids is 1. The Balaban J connectivity index is 0. The van der Waals surface area contributed by atoms with Gasteiger partial charge in [0.15, 0.2) is 0 Å². The quantitative estimate of drug-likeness (QED) is 0.285. The van der Waals surface area contributed by atoms with E-state index in [0.717, 1.165) is 0 Å². The third-order valence-corrected chi connectivity index (χ3v) is 0.149. The standard InChI is InChI=1S/CHClO2.CH2O5/c2-1(3)4;2-1(5-3)6-4/h(H,3,4);3-4H. The molecule has 0 spiro atoms. The van der Waals surface area contributed by atoms with Gasteiger partial charge >= 0.3 is 11.6 Å². The van der Waals surface area contributed by atoms with Crippen molar-refractivity contribution in [3.8, 4) is 0 Å². The van der Waals surface area contributed by atoms with Gasteiger partial charge in [0.2, 0.25) is 0 Å². The van der Waals surface area contributed by atoms with E-state index in [-0.39, 0.29) is 0 Å². The van der Waals surface area contributed by atoms with Gasteiger partial charge in [-0.2, -0.15) is 15.3 Å². The van der Waals surface area contributed by atoms with Crippen molar-refractivity contribution in [2.24, 2.45) is 0 Å². The molecule has 0 radical (unpaired) electrons. The van der Waals surface area contributed by atoms with E-state index in [1.165, 1.54) is 0 Å². The maximum absolute atomic E-state index is 9.24. The minimum absolute atomic E-state index is 1.36. The highest BCUT2D eigenvalue weighted by atomic mass is 35.5. The van der Waals surface area contributed by atoms with Crippen LogP contribution in [0, 0.1) is 0 Å². The molecule has 0 aliphatic rings. The fourth-order valence-electron chi connectivity index (χ4n) is 0.0167. The van der Waals surface area contributed by atoms with Gasteiger partial charge in [0.1, 0.15) is 0 Å². The second-order valence-electron chi connectivity index (χ2n) is 0.686. The lowest BCUT2D eigenvalue weighted by molar-refractivity contribution is -0.270. The Labute approximate surface area is 59.2 Å². The normalized spacial score (nSPS) is 6.70. The molecular formula is C2H3ClO7. The minimum Gasteiger partial charge on any atom is -0.469 e. The molecule has 0 fully saturated rings. The Morgan fingerprint density at radius 3 is 1.40 bits per heavy atom. The molecule has 0 aliphatic heterocycles. The molecule has 0 aromatic rings. The van der Waals surface area contributed by atoms with Crippen LogP contribution >= 0.6 is 11.6 Å². The molecule has 0 aromatic heterocycles. The summed E-state index contributed by atoms with van der Waals surface area (Å²) in [6.45, 7) is 0. The molecule has 0 unspecified atom stereocenters. The predicted molar refractivity (Wildman–Crippen MR) is 26.7 cm³/mol. The molecule has 0 bridgehead atoms. The van der Waals surface area contributed by atoms with Crippen LogP contribution in [-0.4, -0.2) is 27.2 Å². The molecule has 0 amide bonds. The fraction of sp³-hybridized carbons (Fsp3) is 0. The molecule has 0 aliphatic carbocycles. The monoisotopic (exact) mass is 174 g/mol. The lowest BCUT2D eigenvalue weighted by atomic mass is 11.4. The van der Waals surface area contributed by atoms with Gasteiger partial charge in [0.05, 0.1) is 0 Å². The first-order valence-electron chi connectivity index (χ1n) is 1.59. The fourth-order valence-corrected chi connectivity index (χ4v) is 0.0167. The van der Waals surface area contributed by atoms with E-state index < -0.39 is 11.6 Å². The van der Waals surface area contributed by atoms with Gasteiger partial charge < -0.3 is 5.11 Å². The van der Waals surface area contributed by atoms with Gasteiger partial charge in [0, 0.05) is 11.6 Å². The second-order valence-corrected chi connectivity index (χ2v) is 1.01. The zero-order valence-corrected chi connectivity index (χ0v) is 5.11. The molecule has 0 saturated heterocycles. The zero-order chi connectivity index (χ0) is 8.57. The summed E-state index contributed by atoms with van der Waals surface area (Å²) in [5.74, 6) is 0. The van der Waals surface area contributed by atoms with E-state index in [2.05, 4.69) is 21.4 Å². The average molecular weight is 174 g/mol. The van der Waals surface area contributed by atoms with Crippen molar-refractivity contribution >= 4 is 23.2 Å². The number of carboxylic acid groups (broad SMARTS) is 1. The second kappa shape index (κ2) is 7.95. The first-order chi connectivity index (χ1) is 4.54. The zero-order valence-electron chi connectivity index (χ0n) is 4.35. The summed E-state index contributed by atoms with van der Waals surface area (Å²) >= 11 is 4.19. The van der Waals surface area contributed by atoms with E-state index in [4.69, 9.17) is 20.4 Å². The maximum atomic E-state index is 9.24. The summed E-state index contributed by atoms with van der Waals surface area (Å²) in [6.07, 6.45) is -1.55. The lowest BCUT2D eigenvalue weighted by Crippen LogP contribution is -1.99. The lowest BCUT2D eigenvalue weighted by Gasteiger charge is -1.83. The first kappa shape index (κ1) is 11.7. The van der Waals surface area contributed by atoms with E-state index in [1.54, 1.807) is 0 Å². The van der Waals surface area contributed by atoms with Crippen LogP contribution in [0.25, 0.3) is 0 Å². The third kappa shape index (κ3) is 28.3. The Kier molecular flexibility index (Phi) is 9.31. The van der Waals surface area contributed by atoms with Crippen LogP contribution in [0.3, 0.4) is 0 Å². The van der Waals surface area contributed by atoms with Crippen LogP contribution in [0.1, 0.15) is 0 Å². The van der Waals surface area contributed by atoms with Crippen molar-refractivity contribution in [1.29, 1.82) is 0 Å². The van der Waals surface area contributed by atoms with Crippen LogP contribution in [0.5, 0.6) is 0 Å². The number of halogens is 1. The van der Waals surface area contributed by atoms with Gasteiger partial charge in [-0.1, -0.05) is 0 Å². The molecule has 60 valence electrons. The van der Waals surface area contributed by atoms with Gasteiger partial charge in [-0.05, 0) is 0 Å². The molecule has 3 N–H and O–H groups in total. The highest BCUT2D eigenvalue weighted by Crippen LogP contribution is 1.71. The molecule has 0 atom stereocenters. The largest absolute Gasteiger partial charge is 0.572 e. The highest BCUT2D eigenvalue weighted by Gasteiger charge is 1.95. The summed E-state index contributed by atoms with van der Waals surface area (Å²) in [7, 11) is 0. The molecule has 8 heteroatoms. The Bertz CT molecular complexity index is 100. The predicted octanol–water partition coefficient (Wildman–Crippen LogP) is 0.989.